The van der Waals surface area contributed by atoms with Gasteiger partial charge in [-0.3, -0.25) is 4.79 Å². The number of carbonyl (C=O) groups is 1. The Hall–Kier alpha value is -0.530. The maximum absolute atomic E-state index is 10.8. The molecule has 0 aromatic heterocycles. The second-order valence-corrected chi connectivity index (χ2v) is 5.04. The summed E-state index contributed by atoms with van der Waals surface area (Å²) in [5, 5.41) is 0. The summed E-state index contributed by atoms with van der Waals surface area (Å²) < 4.78 is 5.26. The SMILES string of the molecule is CC(=O)OC(C)(C)CCC1CCCC1. The van der Waals surface area contributed by atoms with Crippen LogP contribution in [0, 0.1) is 5.92 Å². The van der Waals surface area contributed by atoms with Gasteiger partial charge in [0.1, 0.15) is 5.60 Å². The quantitative estimate of drug-likeness (QED) is 0.648. The number of rotatable bonds is 4. The minimum atomic E-state index is -0.269. The first-order valence-electron chi connectivity index (χ1n) is 5.69. The van der Waals surface area contributed by atoms with Crippen LogP contribution in [0.25, 0.3) is 0 Å². The van der Waals surface area contributed by atoms with Crippen molar-refractivity contribution in [3.8, 4) is 0 Å². The number of carbonyl (C=O) groups excluding carboxylic acids is 1. The number of hydrogen-bond donors (Lipinski definition) is 0. The number of esters is 1. The van der Waals surface area contributed by atoms with E-state index in [0.717, 1.165) is 12.3 Å². The van der Waals surface area contributed by atoms with E-state index in [4.69, 9.17) is 4.74 Å². The third-order valence-electron chi connectivity index (χ3n) is 3.05. The van der Waals surface area contributed by atoms with Crippen LogP contribution < -0.4 is 0 Å². The Morgan fingerprint density at radius 3 is 2.43 bits per heavy atom. The van der Waals surface area contributed by atoms with E-state index in [9.17, 15) is 4.79 Å². The predicted molar refractivity (Wildman–Crippen MR) is 57.0 cm³/mol. The first-order valence-corrected chi connectivity index (χ1v) is 5.69. The van der Waals surface area contributed by atoms with Crippen LogP contribution in [-0.4, -0.2) is 11.6 Å². The Morgan fingerprint density at radius 2 is 1.93 bits per heavy atom. The third-order valence-corrected chi connectivity index (χ3v) is 3.05. The second kappa shape index (κ2) is 4.81. The van der Waals surface area contributed by atoms with Crippen molar-refractivity contribution in [1.29, 1.82) is 0 Å². The van der Waals surface area contributed by atoms with Crippen molar-refractivity contribution in [2.24, 2.45) is 5.92 Å². The van der Waals surface area contributed by atoms with Gasteiger partial charge in [0.15, 0.2) is 0 Å². The average molecular weight is 198 g/mol. The summed E-state index contributed by atoms with van der Waals surface area (Å²) in [5.41, 5.74) is -0.269. The molecule has 0 N–H and O–H groups in total. The number of ether oxygens (including phenoxy) is 1. The zero-order valence-corrected chi connectivity index (χ0v) is 9.64. The molecule has 0 heterocycles. The van der Waals surface area contributed by atoms with Gasteiger partial charge in [-0.25, -0.2) is 0 Å². The molecule has 1 fully saturated rings. The lowest BCUT2D eigenvalue weighted by molar-refractivity contribution is -0.154. The van der Waals surface area contributed by atoms with Crippen LogP contribution in [0.2, 0.25) is 0 Å². The molecule has 2 heteroatoms. The smallest absolute Gasteiger partial charge is 0.303 e. The van der Waals surface area contributed by atoms with E-state index in [1.807, 2.05) is 13.8 Å². The van der Waals surface area contributed by atoms with E-state index < -0.39 is 0 Å². The summed E-state index contributed by atoms with van der Waals surface area (Å²) in [5.74, 6) is 0.714. The van der Waals surface area contributed by atoms with E-state index in [0.29, 0.717) is 0 Å². The molecule has 0 bridgehead atoms. The molecule has 14 heavy (non-hydrogen) atoms. The van der Waals surface area contributed by atoms with E-state index in [-0.39, 0.29) is 11.6 Å². The lowest BCUT2D eigenvalue weighted by atomic mass is 9.94. The normalized spacial score (nSPS) is 18.5. The topological polar surface area (TPSA) is 26.3 Å². The highest BCUT2D eigenvalue weighted by Gasteiger charge is 2.24. The summed E-state index contributed by atoms with van der Waals surface area (Å²) in [6, 6.07) is 0. The first kappa shape index (κ1) is 11.5. The van der Waals surface area contributed by atoms with Crippen LogP contribution in [-0.2, 0) is 9.53 Å². The molecule has 1 saturated carbocycles. The van der Waals surface area contributed by atoms with Crippen LogP contribution in [0.15, 0.2) is 0 Å². The van der Waals surface area contributed by atoms with Gasteiger partial charge in [0.05, 0.1) is 0 Å². The lowest BCUT2D eigenvalue weighted by Gasteiger charge is -2.25. The molecule has 1 rings (SSSR count). The second-order valence-electron chi connectivity index (χ2n) is 5.04. The largest absolute Gasteiger partial charge is 0.460 e. The first-order chi connectivity index (χ1) is 6.49. The molecule has 1 aliphatic carbocycles. The van der Waals surface area contributed by atoms with Crippen LogP contribution in [0.3, 0.4) is 0 Å². The summed E-state index contributed by atoms with van der Waals surface area (Å²) in [6.07, 6.45) is 7.72. The van der Waals surface area contributed by atoms with Gasteiger partial charge in [-0.2, -0.15) is 0 Å². The molecule has 0 aromatic rings. The van der Waals surface area contributed by atoms with Crippen LogP contribution in [0.5, 0.6) is 0 Å². The third kappa shape index (κ3) is 4.12. The van der Waals surface area contributed by atoms with Gasteiger partial charge >= 0.3 is 5.97 Å². The molecular formula is C12H22O2. The van der Waals surface area contributed by atoms with Gasteiger partial charge in [-0.05, 0) is 32.6 Å². The van der Waals surface area contributed by atoms with Crippen molar-refractivity contribution in [2.45, 2.75) is 64.9 Å². The Kier molecular flexibility index (Phi) is 3.97. The van der Waals surface area contributed by atoms with Crippen molar-refractivity contribution < 1.29 is 9.53 Å². The fourth-order valence-electron chi connectivity index (χ4n) is 2.29. The zero-order chi connectivity index (χ0) is 10.6. The minimum absolute atomic E-state index is 0.165. The van der Waals surface area contributed by atoms with Crippen molar-refractivity contribution in [2.75, 3.05) is 0 Å². The monoisotopic (exact) mass is 198 g/mol. The minimum Gasteiger partial charge on any atom is -0.460 e. The fraction of sp³-hybridized carbons (Fsp3) is 0.917. The standard InChI is InChI=1S/C12H22O2/c1-10(13)14-12(2,3)9-8-11-6-4-5-7-11/h11H,4-9H2,1-3H3. The molecule has 0 aromatic carbocycles. The van der Waals surface area contributed by atoms with E-state index in [2.05, 4.69) is 0 Å². The molecule has 0 amide bonds. The molecule has 82 valence electrons. The Balaban J connectivity index is 2.23. The molecule has 2 nitrogen and oxygen atoms in total. The van der Waals surface area contributed by atoms with Gasteiger partial charge in [-0.15, -0.1) is 0 Å². The maximum atomic E-state index is 10.8. The van der Waals surface area contributed by atoms with Crippen LogP contribution >= 0.6 is 0 Å². The molecule has 1 aliphatic rings. The van der Waals surface area contributed by atoms with Crippen molar-refractivity contribution in [3.63, 3.8) is 0 Å². The van der Waals surface area contributed by atoms with Gasteiger partial charge in [0, 0.05) is 6.92 Å². The predicted octanol–water partition coefficient (Wildman–Crippen LogP) is 3.30. The van der Waals surface area contributed by atoms with Crippen LogP contribution in [0.4, 0.5) is 0 Å². The van der Waals surface area contributed by atoms with E-state index in [1.165, 1.54) is 39.0 Å². The van der Waals surface area contributed by atoms with Gasteiger partial charge in [-0.1, -0.05) is 25.7 Å². The van der Waals surface area contributed by atoms with E-state index >= 15 is 0 Å². The van der Waals surface area contributed by atoms with Crippen LogP contribution in [0.1, 0.15) is 59.3 Å². The molecule has 0 saturated heterocycles. The Labute approximate surface area is 87.0 Å². The molecule has 0 aliphatic heterocycles. The number of hydrogen-bond acceptors (Lipinski definition) is 2. The highest BCUT2D eigenvalue weighted by atomic mass is 16.6. The Morgan fingerprint density at radius 1 is 1.36 bits per heavy atom. The summed E-state index contributed by atoms with van der Waals surface area (Å²) in [4.78, 5) is 10.8. The summed E-state index contributed by atoms with van der Waals surface area (Å²) in [6.45, 7) is 5.49. The summed E-state index contributed by atoms with van der Waals surface area (Å²) >= 11 is 0. The highest BCUT2D eigenvalue weighted by molar-refractivity contribution is 5.66. The molecule has 0 spiro atoms. The average Bonchev–Trinajstić information content (AvgIpc) is 2.50. The van der Waals surface area contributed by atoms with Crippen molar-refractivity contribution in [3.05, 3.63) is 0 Å². The maximum Gasteiger partial charge on any atom is 0.303 e. The summed E-state index contributed by atoms with van der Waals surface area (Å²) in [7, 11) is 0. The molecular weight excluding hydrogens is 176 g/mol. The van der Waals surface area contributed by atoms with Gasteiger partial charge in [0.25, 0.3) is 0 Å². The zero-order valence-electron chi connectivity index (χ0n) is 9.64. The van der Waals surface area contributed by atoms with E-state index in [1.54, 1.807) is 0 Å². The highest BCUT2D eigenvalue weighted by Crippen LogP contribution is 2.31. The molecule has 0 radical (unpaired) electrons. The van der Waals surface area contributed by atoms with Gasteiger partial charge in [0.2, 0.25) is 0 Å². The molecule has 0 atom stereocenters. The van der Waals surface area contributed by atoms with Crippen molar-refractivity contribution in [1.82, 2.24) is 0 Å². The molecule has 0 unspecified atom stereocenters. The lowest BCUT2D eigenvalue weighted by Crippen LogP contribution is -2.27. The van der Waals surface area contributed by atoms with Gasteiger partial charge < -0.3 is 4.74 Å². The fourth-order valence-corrected chi connectivity index (χ4v) is 2.29. The van der Waals surface area contributed by atoms with Crippen molar-refractivity contribution >= 4 is 5.97 Å². The Bertz CT molecular complexity index is 190.